The van der Waals surface area contributed by atoms with E-state index in [-0.39, 0.29) is 43.6 Å². The quantitative estimate of drug-likeness (QED) is 0.0995. The number of amides is 6. The van der Waals surface area contributed by atoms with Gasteiger partial charge >= 0.3 is 0 Å². The Bertz CT molecular complexity index is 2210. The van der Waals surface area contributed by atoms with Gasteiger partial charge in [-0.3, -0.25) is 38.8 Å². The largest absolute Gasteiger partial charge is 0.508 e. The summed E-state index contributed by atoms with van der Waals surface area (Å²) in [6.07, 6.45) is -9.19. The Hall–Kier alpha value is -6.64. The van der Waals surface area contributed by atoms with Crippen molar-refractivity contribution in [3.05, 3.63) is 65.7 Å². The van der Waals surface area contributed by atoms with Crippen molar-refractivity contribution >= 4 is 47.4 Å². The molecule has 3 unspecified atom stereocenters. The zero-order chi connectivity index (χ0) is 49.4. The third-order valence-electron chi connectivity index (χ3n) is 12.0. The molecule has 0 spiro atoms. The number of nitrogens with zero attached hydrogens (tertiary/aromatic N) is 3. The Morgan fingerprint density at radius 3 is 2.00 bits per heavy atom. The molecule has 13 atom stereocenters. The van der Waals surface area contributed by atoms with Gasteiger partial charge in [0.05, 0.1) is 44.9 Å². The average Bonchev–Trinajstić information content (AvgIpc) is 3.91. The van der Waals surface area contributed by atoms with Crippen LogP contribution in [0.15, 0.2) is 64.6 Å². The van der Waals surface area contributed by atoms with Crippen LogP contribution in [0.5, 0.6) is 5.75 Å². The van der Waals surface area contributed by atoms with Crippen molar-refractivity contribution in [2.45, 2.75) is 105 Å². The van der Waals surface area contributed by atoms with Gasteiger partial charge in [-0.2, -0.15) is 0 Å². The number of nitrogens with two attached hydrogens (primary N) is 2. The third kappa shape index (κ3) is 12.2. The molecule has 0 bridgehead atoms. The highest BCUT2D eigenvalue weighted by molar-refractivity contribution is 5.98. The molecule has 17 N–H and O–H groups in total. The standard InChI is InChI=1S/C42H58N12O13/c1-19(21-5-3-2-4-6-21)31-39(66)51-25(11-20-7-9-24(57)10-8-20)36(63)49-26(12-22-14-46-41(43)48-22)37(64)50-27(38(65)52-28(17-55)35(62)45-16-30(58)53-31)13-23-15-47-42(44)54(23)40-34(61)33(60)32(59)29(18-56)67-40/h2-10,19,22-23,25-29,31-34,40,55-57,59-61H,11-18H2,1H3,(H2,44,47)(H,45,62)(H,49,63)(H,50,64)(H,51,66)(H,52,65)(H,53,58)(H3,43,46,48)/t19?,22?,23?,25-,26-,27+,28-,29+,31-,32+,33-,34-,40-/m0/s1/i/hD. The van der Waals surface area contributed by atoms with Crippen LogP contribution in [-0.2, 0) is 39.9 Å². The minimum absolute atomic E-state index is 0.0464. The number of guanidine groups is 2. The van der Waals surface area contributed by atoms with Crippen LogP contribution in [0.3, 0.4) is 0 Å². The van der Waals surface area contributed by atoms with Gasteiger partial charge in [0.2, 0.25) is 35.4 Å². The number of aliphatic hydroxyl groups excluding tert-OH is 5. The minimum atomic E-state index is -1.83. The number of nitrogens with one attached hydrogen (secondary N) is 7. The number of benzene rings is 2. The normalized spacial score (nSPS) is 32.2. The fourth-order valence-electron chi connectivity index (χ4n) is 8.22. The predicted molar refractivity (Wildman–Crippen MR) is 235 cm³/mol. The van der Waals surface area contributed by atoms with E-state index < -0.39 is 140 Å². The lowest BCUT2D eigenvalue weighted by molar-refractivity contribution is -0.258. The first-order valence-corrected chi connectivity index (χ1v) is 21.6. The number of phenolic OH excluding ortho intramolecular Hbond substituents is 1. The lowest BCUT2D eigenvalue weighted by Crippen LogP contribution is -2.66. The van der Waals surface area contributed by atoms with E-state index in [9.17, 15) is 59.4 Å². The maximum atomic E-state index is 14.6. The van der Waals surface area contributed by atoms with E-state index >= 15 is 0 Å². The maximum absolute atomic E-state index is 14.6. The first kappa shape index (κ1) is 48.3. The summed E-state index contributed by atoms with van der Waals surface area (Å²) >= 11 is 0. The molecule has 4 heterocycles. The van der Waals surface area contributed by atoms with E-state index in [0.29, 0.717) is 16.4 Å². The van der Waals surface area contributed by atoms with Gasteiger partial charge in [-0.15, -0.1) is 0 Å². The van der Waals surface area contributed by atoms with Crippen LogP contribution in [0.25, 0.3) is 0 Å². The number of carbonyl (C=O) groups excluding carboxylic acids is 6. The van der Waals surface area contributed by atoms with Gasteiger partial charge in [0, 0.05) is 12.3 Å². The lowest BCUT2D eigenvalue weighted by atomic mass is 9.92. The maximum Gasteiger partial charge on any atom is 0.245 e. The fraction of sp³-hybridized carbons (Fsp3) is 0.524. The van der Waals surface area contributed by atoms with Crippen molar-refractivity contribution < 1.29 is 65.6 Å². The SMILES string of the molecule is [2H]N1C(=O)CNC(=O)[C@H](CO)NC(=O)[C@@H](CC2CN=C(N)N2[C@H]2O[C@H](CO)[C@@H](O)[C@H](O)[C@@H]2O)NC(=O)[C@H](CC2CN=C(N)N2)NC(=O)[C@H](Cc2ccc(O)cc2)NC(=O)[C@@H]1C(C)c1ccccc1. The molecule has 2 aromatic rings. The van der Waals surface area contributed by atoms with Crippen LogP contribution in [0.2, 0.25) is 1.41 Å². The molecular weight excluding hydrogens is 881 g/mol. The molecule has 67 heavy (non-hydrogen) atoms. The number of aliphatic imine (C=N–C) groups is 2. The summed E-state index contributed by atoms with van der Waals surface area (Å²) in [5.74, 6) is -7.29. The van der Waals surface area contributed by atoms with Gasteiger partial charge in [-0.1, -0.05) is 49.4 Å². The van der Waals surface area contributed by atoms with Gasteiger partial charge in [0.15, 0.2) is 19.6 Å². The number of hydrogen-bond acceptors (Lipinski definition) is 19. The Morgan fingerprint density at radius 2 is 1.37 bits per heavy atom. The second-order valence-electron chi connectivity index (χ2n) is 16.7. The van der Waals surface area contributed by atoms with Crippen molar-refractivity contribution in [1.29, 1.82) is 0 Å². The summed E-state index contributed by atoms with van der Waals surface area (Å²) < 4.78 is 14.7. The van der Waals surface area contributed by atoms with Crippen molar-refractivity contribution in [3.8, 4) is 5.75 Å². The molecule has 4 aliphatic rings. The fourth-order valence-corrected chi connectivity index (χ4v) is 8.22. The molecule has 364 valence electrons. The highest BCUT2D eigenvalue weighted by Crippen LogP contribution is 2.29. The summed E-state index contributed by atoms with van der Waals surface area (Å²) in [4.78, 5) is 94.8. The molecule has 2 fully saturated rings. The van der Waals surface area contributed by atoms with E-state index in [2.05, 4.69) is 41.9 Å². The van der Waals surface area contributed by atoms with Gasteiger partial charge in [-0.25, -0.2) is 0 Å². The molecule has 6 rings (SSSR count). The highest BCUT2D eigenvalue weighted by atomic mass is 16.6. The summed E-state index contributed by atoms with van der Waals surface area (Å²) in [6, 6.07) is 4.34. The van der Waals surface area contributed by atoms with Crippen molar-refractivity contribution in [2.75, 3.05) is 32.8 Å². The number of ether oxygens (including phenoxy) is 1. The van der Waals surface area contributed by atoms with E-state index in [1.54, 1.807) is 37.3 Å². The number of hydrogen-bond donors (Lipinski definition) is 15. The zero-order valence-corrected chi connectivity index (χ0v) is 36.3. The summed E-state index contributed by atoms with van der Waals surface area (Å²) in [7, 11) is 0. The third-order valence-corrected chi connectivity index (χ3v) is 12.0. The van der Waals surface area contributed by atoms with Crippen LogP contribution in [0.4, 0.5) is 0 Å². The molecule has 0 saturated carbocycles. The first-order chi connectivity index (χ1) is 32.4. The smallest absolute Gasteiger partial charge is 0.245 e. The number of phenols is 1. The Kier molecular flexibility index (Phi) is 16.0. The van der Waals surface area contributed by atoms with Crippen molar-refractivity contribution in [1.82, 2.24) is 42.1 Å². The lowest BCUT2D eigenvalue weighted by Gasteiger charge is -2.45. The van der Waals surface area contributed by atoms with Crippen LogP contribution in [-0.4, -0.2) is 189 Å². The van der Waals surface area contributed by atoms with E-state index in [1.165, 1.54) is 29.2 Å². The highest BCUT2D eigenvalue weighted by Gasteiger charge is 2.49. The van der Waals surface area contributed by atoms with Gasteiger partial charge in [0.1, 0.15) is 60.4 Å². The monoisotopic (exact) mass is 939 g/mol. The minimum Gasteiger partial charge on any atom is -0.508 e. The molecule has 0 radical (unpaired) electrons. The van der Waals surface area contributed by atoms with Crippen LogP contribution in [0.1, 0.15) is 36.8 Å². The van der Waals surface area contributed by atoms with E-state index in [1.807, 2.05) is 0 Å². The second kappa shape index (κ2) is 22.2. The molecule has 0 aromatic heterocycles. The van der Waals surface area contributed by atoms with Crippen LogP contribution >= 0.6 is 0 Å². The first-order valence-electron chi connectivity index (χ1n) is 22.0. The van der Waals surface area contributed by atoms with Gasteiger partial charge < -0.3 is 89.0 Å². The molecule has 0 aliphatic carbocycles. The number of rotatable bonds is 11. The summed E-state index contributed by atoms with van der Waals surface area (Å²) in [5.41, 5.74) is 13.1. The number of aliphatic hydroxyl groups is 5. The summed E-state index contributed by atoms with van der Waals surface area (Å²) in [5, 5.41) is 78.0. The predicted octanol–water partition coefficient (Wildman–Crippen LogP) is -6.85. The molecule has 2 saturated heterocycles. The number of carbonyl (C=O) groups is 6. The molecule has 2 aromatic carbocycles. The summed E-state index contributed by atoms with van der Waals surface area (Å²) in [6.45, 7) is -1.24. The number of aromatic hydroxyl groups is 1. The van der Waals surface area contributed by atoms with Crippen molar-refractivity contribution in [3.63, 3.8) is 0 Å². The Morgan fingerprint density at radius 1 is 0.746 bits per heavy atom. The van der Waals surface area contributed by atoms with E-state index in [0.717, 1.165) is 0 Å². The van der Waals surface area contributed by atoms with Crippen LogP contribution < -0.4 is 48.7 Å². The topological polar surface area (TPSA) is 397 Å². The molecule has 6 amide bonds. The molecule has 25 heteroatoms. The Labute approximate surface area is 385 Å². The molecular formula is C42H58N12O13. The molecule has 4 aliphatic heterocycles. The van der Waals surface area contributed by atoms with Crippen molar-refractivity contribution in [2.24, 2.45) is 21.5 Å². The van der Waals surface area contributed by atoms with Gasteiger partial charge in [0.25, 0.3) is 0 Å². The molecule has 25 nitrogen and oxygen atoms in total. The second-order valence-corrected chi connectivity index (χ2v) is 16.7. The van der Waals surface area contributed by atoms with Gasteiger partial charge in [-0.05, 0) is 36.1 Å². The zero-order valence-electron chi connectivity index (χ0n) is 37.3. The Balaban J connectivity index is 1.38. The van der Waals surface area contributed by atoms with E-state index in [4.69, 9.17) is 17.6 Å². The van der Waals surface area contributed by atoms with Crippen LogP contribution in [0, 0.1) is 0 Å². The average molecular weight is 940 g/mol.